The minimum Gasteiger partial charge on any atom is -0.505 e. The molecule has 84 valence electrons. The fraction of sp³-hybridized carbons (Fsp3) is 0.182. The number of carbonyl (C=O) groups is 1. The molecule has 0 bridgehead atoms. The van der Waals surface area contributed by atoms with E-state index in [-0.39, 0.29) is 0 Å². The third-order valence-corrected chi connectivity index (χ3v) is 2.01. The molecule has 0 radical (unpaired) electrons. The van der Waals surface area contributed by atoms with Gasteiger partial charge in [-0.1, -0.05) is 0 Å². The highest BCUT2D eigenvalue weighted by atomic mass is 16.5. The maximum Gasteiger partial charge on any atom is 0.192 e. The number of ketones is 1. The van der Waals surface area contributed by atoms with Crippen LogP contribution in [0.25, 0.3) is 5.76 Å². The second-order valence-electron chi connectivity index (χ2n) is 3.07. The maximum absolute atomic E-state index is 11.0. The lowest BCUT2D eigenvalue weighted by Gasteiger charge is -2.03. The molecule has 1 rings (SSSR count). The zero-order valence-electron chi connectivity index (χ0n) is 8.93. The van der Waals surface area contributed by atoms with Crippen molar-refractivity contribution in [3.8, 4) is 5.75 Å². The van der Waals surface area contributed by atoms with Gasteiger partial charge in [-0.05, 0) is 29.4 Å². The monoisotopic (exact) mass is 221 g/mol. The Morgan fingerprint density at radius 1 is 1.31 bits per heavy atom. The Bertz CT molecular complexity index is 434. The van der Waals surface area contributed by atoms with E-state index in [1.54, 1.807) is 12.1 Å². The quantitative estimate of drug-likeness (QED) is 0.480. The Morgan fingerprint density at radius 2 is 1.88 bits per heavy atom. The second-order valence-corrected chi connectivity index (χ2v) is 3.07. The molecule has 0 aliphatic heterocycles. The van der Waals surface area contributed by atoms with Gasteiger partial charge < -0.3 is 9.84 Å². The van der Waals surface area contributed by atoms with Crippen molar-refractivity contribution in [2.45, 2.75) is 6.92 Å². The summed E-state index contributed by atoms with van der Waals surface area (Å²) in [4.78, 5) is 21.3. The van der Waals surface area contributed by atoms with Gasteiger partial charge in [-0.3, -0.25) is 4.79 Å². The zero-order valence-corrected chi connectivity index (χ0v) is 8.93. The molecule has 5 nitrogen and oxygen atoms in total. The largest absolute Gasteiger partial charge is 0.505 e. The highest BCUT2D eigenvalue weighted by Crippen LogP contribution is 2.20. The first-order valence-corrected chi connectivity index (χ1v) is 4.52. The summed E-state index contributed by atoms with van der Waals surface area (Å²) in [7, 11) is 1.51. The Balaban J connectivity index is 3.16. The van der Waals surface area contributed by atoms with Gasteiger partial charge in [-0.25, -0.2) is 0 Å². The first kappa shape index (κ1) is 11.9. The Labute approximate surface area is 92.3 Å². The number of ether oxygens (including phenoxy) is 1. The number of benzene rings is 1. The van der Waals surface area contributed by atoms with Crippen molar-refractivity contribution in [2.75, 3.05) is 7.11 Å². The fourth-order valence-electron chi connectivity index (χ4n) is 1.16. The minimum atomic E-state index is -0.580. The van der Waals surface area contributed by atoms with Crippen LogP contribution in [0.15, 0.2) is 35.1 Å². The van der Waals surface area contributed by atoms with Crippen molar-refractivity contribution in [3.05, 3.63) is 40.4 Å². The number of aliphatic hydroxyl groups is 1. The lowest BCUT2D eigenvalue weighted by atomic mass is 10.1. The third kappa shape index (κ3) is 2.44. The van der Waals surface area contributed by atoms with Crippen LogP contribution in [0.2, 0.25) is 0 Å². The highest BCUT2D eigenvalue weighted by molar-refractivity contribution is 5.99. The van der Waals surface area contributed by atoms with Crippen molar-refractivity contribution < 1.29 is 14.6 Å². The third-order valence-electron chi connectivity index (χ3n) is 2.01. The summed E-state index contributed by atoms with van der Waals surface area (Å²) in [5.74, 6) is -0.395. The summed E-state index contributed by atoms with van der Waals surface area (Å²) < 4.78 is 4.93. The van der Waals surface area contributed by atoms with Crippen LogP contribution >= 0.6 is 0 Å². The number of Topliss-reactive ketones (excluding diaryl/α,β-unsaturated/α-hetero) is 1. The number of nitroso groups, excluding NO2 is 1. The van der Waals surface area contributed by atoms with Crippen LogP contribution in [0.4, 0.5) is 0 Å². The van der Waals surface area contributed by atoms with Gasteiger partial charge >= 0.3 is 0 Å². The van der Waals surface area contributed by atoms with Gasteiger partial charge in [0.15, 0.2) is 17.2 Å². The minimum absolute atomic E-state index is 0.339. The van der Waals surface area contributed by atoms with Crippen molar-refractivity contribution in [1.29, 1.82) is 0 Å². The van der Waals surface area contributed by atoms with Gasteiger partial charge in [-0.2, -0.15) is 0 Å². The molecule has 0 saturated carbocycles. The maximum atomic E-state index is 11.0. The predicted octanol–water partition coefficient (Wildman–Crippen LogP) is 2.28. The Kier molecular flexibility index (Phi) is 3.77. The number of rotatable bonds is 4. The molecule has 0 saturated heterocycles. The first-order valence-electron chi connectivity index (χ1n) is 4.52. The second kappa shape index (κ2) is 5.06. The number of aliphatic hydroxyl groups excluding tert-OH is 1. The van der Waals surface area contributed by atoms with Gasteiger partial charge in [0.25, 0.3) is 0 Å². The molecule has 0 aliphatic carbocycles. The van der Waals surface area contributed by atoms with Gasteiger partial charge in [-0.15, -0.1) is 4.91 Å². The summed E-state index contributed by atoms with van der Waals surface area (Å²) >= 11 is 0. The molecule has 0 fully saturated rings. The van der Waals surface area contributed by atoms with Crippen molar-refractivity contribution in [2.24, 2.45) is 5.18 Å². The molecule has 0 heterocycles. The smallest absolute Gasteiger partial charge is 0.192 e. The molecular formula is C11H11NO4. The van der Waals surface area contributed by atoms with E-state index < -0.39 is 17.2 Å². The van der Waals surface area contributed by atoms with Gasteiger partial charge in [0.1, 0.15) is 5.75 Å². The molecule has 0 unspecified atom stereocenters. The average molecular weight is 221 g/mol. The normalized spacial score (nSPS) is 11.6. The number of nitrogens with zero attached hydrogens (tertiary/aromatic N) is 1. The highest BCUT2D eigenvalue weighted by Gasteiger charge is 2.13. The van der Waals surface area contributed by atoms with Crippen LogP contribution < -0.4 is 4.74 Å². The van der Waals surface area contributed by atoms with E-state index in [1.807, 2.05) is 0 Å². The number of allylic oxidation sites excluding steroid dienone is 1. The molecule has 0 amide bonds. The first-order chi connectivity index (χ1) is 7.60. The molecule has 0 aliphatic rings. The van der Waals surface area contributed by atoms with E-state index in [0.717, 1.165) is 6.92 Å². The van der Waals surface area contributed by atoms with Gasteiger partial charge in [0.05, 0.1) is 7.11 Å². The molecule has 1 aromatic carbocycles. The molecule has 0 atom stereocenters. The lowest BCUT2D eigenvalue weighted by molar-refractivity contribution is -0.113. The fourth-order valence-corrected chi connectivity index (χ4v) is 1.16. The van der Waals surface area contributed by atoms with Gasteiger partial charge in [0.2, 0.25) is 0 Å². The molecule has 0 spiro atoms. The van der Waals surface area contributed by atoms with Crippen LogP contribution in [0.1, 0.15) is 12.5 Å². The van der Waals surface area contributed by atoms with Crippen molar-refractivity contribution >= 4 is 11.5 Å². The molecule has 0 aromatic heterocycles. The van der Waals surface area contributed by atoms with E-state index in [9.17, 15) is 14.8 Å². The summed E-state index contributed by atoms with van der Waals surface area (Å²) in [6.07, 6.45) is 0. The standard InChI is InChI=1S/C11H11NO4/c1-7(13)10(12-15)11(14)8-3-5-9(16-2)6-4-8/h3-6,14H,1-2H3. The topological polar surface area (TPSA) is 76.0 Å². The van der Waals surface area contributed by atoms with Crippen LogP contribution in [-0.2, 0) is 4.79 Å². The zero-order chi connectivity index (χ0) is 12.1. The molecule has 16 heavy (non-hydrogen) atoms. The molecular weight excluding hydrogens is 210 g/mol. The Morgan fingerprint density at radius 3 is 2.25 bits per heavy atom. The number of methoxy groups -OCH3 is 1. The molecule has 5 heteroatoms. The summed E-state index contributed by atoms with van der Waals surface area (Å²) in [5, 5.41) is 12.1. The predicted molar refractivity (Wildman–Crippen MR) is 59.0 cm³/mol. The van der Waals surface area contributed by atoms with E-state index in [2.05, 4.69) is 5.18 Å². The van der Waals surface area contributed by atoms with Crippen LogP contribution in [0, 0.1) is 4.91 Å². The van der Waals surface area contributed by atoms with Gasteiger partial charge in [0, 0.05) is 12.5 Å². The molecule has 1 N–H and O–H groups in total. The lowest BCUT2D eigenvalue weighted by Crippen LogP contribution is -1.98. The molecule has 1 aromatic rings. The summed E-state index contributed by atoms with van der Waals surface area (Å²) in [6.45, 7) is 1.16. The van der Waals surface area contributed by atoms with Crippen molar-refractivity contribution in [3.63, 3.8) is 0 Å². The Hall–Kier alpha value is -2.17. The van der Waals surface area contributed by atoms with Crippen LogP contribution in [-0.4, -0.2) is 18.0 Å². The van der Waals surface area contributed by atoms with E-state index in [4.69, 9.17) is 4.74 Å². The number of carbonyl (C=O) groups excluding carboxylic acids is 1. The summed E-state index contributed by atoms with van der Waals surface area (Å²) in [6, 6.07) is 6.27. The van der Waals surface area contributed by atoms with E-state index in [0.29, 0.717) is 11.3 Å². The van der Waals surface area contributed by atoms with E-state index >= 15 is 0 Å². The SMILES string of the molecule is COc1ccc(C(O)=C(N=O)C(C)=O)cc1. The van der Waals surface area contributed by atoms with Crippen molar-refractivity contribution in [1.82, 2.24) is 0 Å². The average Bonchev–Trinajstić information content (AvgIpc) is 2.29. The van der Waals surface area contributed by atoms with E-state index in [1.165, 1.54) is 19.2 Å². The van der Waals surface area contributed by atoms with Crippen LogP contribution in [0.3, 0.4) is 0 Å². The number of hydrogen-bond acceptors (Lipinski definition) is 5. The van der Waals surface area contributed by atoms with Crippen LogP contribution in [0.5, 0.6) is 5.75 Å². The number of hydrogen-bond donors (Lipinski definition) is 1. The summed E-state index contributed by atoms with van der Waals surface area (Å²) in [5.41, 5.74) is -0.143.